The maximum Gasteiger partial charge on any atom is 0.126 e. The molecule has 0 aromatic heterocycles. The van der Waals surface area contributed by atoms with Gasteiger partial charge >= 0.3 is 0 Å². The quantitative estimate of drug-likeness (QED) is 0.870. The fourth-order valence-electron chi connectivity index (χ4n) is 2.20. The summed E-state index contributed by atoms with van der Waals surface area (Å²) in [6.45, 7) is 1.68. The number of hydrogen-bond acceptors (Lipinski definition) is 1. The lowest BCUT2D eigenvalue weighted by Gasteiger charge is -2.24. The van der Waals surface area contributed by atoms with Gasteiger partial charge in [0.05, 0.1) is 15.6 Å². The summed E-state index contributed by atoms with van der Waals surface area (Å²) >= 11 is 11.8. The Morgan fingerprint density at radius 2 is 1.75 bits per heavy atom. The molecule has 0 saturated carbocycles. The van der Waals surface area contributed by atoms with Crippen molar-refractivity contribution in [3.63, 3.8) is 0 Å². The Hall–Kier alpha value is -1.09. The number of rotatable bonds is 4. The van der Waals surface area contributed by atoms with Crippen LogP contribution in [0.3, 0.4) is 0 Å². The van der Waals surface area contributed by atoms with Crippen molar-refractivity contribution in [2.75, 3.05) is 0 Å². The minimum atomic E-state index is -1.06. The Balaban J connectivity index is 2.14. The first-order valence-electron chi connectivity index (χ1n) is 6.27. The first-order valence-corrected chi connectivity index (χ1v) is 7.03. The molecule has 106 valence electrons. The minimum Gasteiger partial charge on any atom is -0.389 e. The number of hydrogen-bond donors (Lipinski definition) is 1. The predicted octanol–water partition coefficient (Wildman–Crippen LogP) is 4.67. The highest BCUT2D eigenvalue weighted by atomic mass is 35.5. The summed E-state index contributed by atoms with van der Waals surface area (Å²) in [5.41, 5.74) is 0.303. The molecule has 0 aliphatic carbocycles. The summed E-state index contributed by atoms with van der Waals surface area (Å²) in [6, 6.07) is 11.7. The van der Waals surface area contributed by atoms with Crippen molar-refractivity contribution in [3.8, 4) is 0 Å². The van der Waals surface area contributed by atoms with Crippen LogP contribution in [0.15, 0.2) is 42.5 Å². The van der Waals surface area contributed by atoms with E-state index in [0.717, 1.165) is 5.56 Å². The van der Waals surface area contributed by atoms with E-state index in [1.165, 1.54) is 6.07 Å². The van der Waals surface area contributed by atoms with E-state index in [9.17, 15) is 9.50 Å². The van der Waals surface area contributed by atoms with Crippen molar-refractivity contribution in [3.05, 3.63) is 69.5 Å². The lowest BCUT2D eigenvalue weighted by molar-refractivity contribution is 0.0599. The van der Waals surface area contributed by atoms with Gasteiger partial charge < -0.3 is 5.11 Å². The van der Waals surface area contributed by atoms with Crippen LogP contribution >= 0.6 is 23.2 Å². The van der Waals surface area contributed by atoms with Crippen LogP contribution in [0, 0.1) is 5.82 Å². The van der Waals surface area contributed by atoms with Crippen molar-refractivity contribution >= 4 is 23.2 Å². The van der Waals surface area contributed by atoms with Crippen LogP contribution in [0.5, 0.6) is 0 Å². The van der Waals surface area contributed by atoms with Crippen LogP contribution < -0.4 is 0 Å². The normalized spacial score (nSPS) is 14.1. The average Bonchev–Trinajstić information content (AvgIpc) is 2.36. The van der Waals surface area contributed by atoms with Crippen LogP contribution in [-0.2, 0) is 12.8 Å². The van der Waals surface area contributed by atoms with Gasteiger partial charge in [-0.15, -0.1) is 0 Å². The third kappa shape index (κ3) is 3.95. The molecule has 1 unspecified atom stereocenters. The van der Waals surface area contributed by atoms with Crippen LogP contribution in [-0.4, -0.2) is 10.7 Å². The Morgan fingerprint density at radius 1 is 1.05 bits per heavy atom. The molecule has 1 nitrogen and oxygen atoms in total. The van der Waals surface area contributed by atoms with Gasteiger partial charge in [0.15, 0.2) is 0 Å². The summed E-state index contributed by atoms with van der Waals surface area (Å²) in [4.78, 5) is 0. The maximum absolute atomic E-state index is 13.6. The molecule has 0 aliphatic heterocycles. The zero-order valence-electron chi connectivity index (χ0n) is 11.0. The van der Waals surface area contributed by atoms with E-state index < -0.39 is 5.60 Å². The van der Waals surface area contributed by atoms with Gasteiger partial charge in [0.25, 0.3) is 0 Å². The molecular formula is C16H15Cl2FO. The van der Waals surface area contributed by atoms with E-state index in [0.29, 0.717) is 22.0 Å². The molecule has 4 heteroatoms. The zero-order chi connectivity index (χ0) is 14.8. The van der Waals surface area contributed by atoms with E-state index in [1.54, 1.807) is 37.3 Å². The molecule has 0 bridgehead atoms. The fraction of sp³-hybridized carbons (Fsp3) is 0.250. The molecular weight excluding hydrogens is 298 g/mol. The third-order valence-electron chi connectivity index (χ3n) is 3.10. The molecule has 0 spiro atoms. The van der Waals surface area contributed by atoms with Gasteiger partial charge in [-0.1, -0.05) is 47.5 Å². The molecule has 20 heavy (non-hydrogen) atoms. The summed E-state index contributed by atoms with van der Waals surface area (Å²) in [5, 5.41) is 11.4. The van der Waals surface area contributed by atoms with Gasteiger partial charge in [-0.3, -0.25) is 0 Å². The highest BCUT2D eigenvalue weighted by Gasteiger charge is 2.23. The molecule has 2 rings (SSSR count). The van der Waals surface area contributed by atoms with Gasteiger partial charge in [-0.2, -0.15) is 0 Å². The van der Waals surface area contributed by atoms with Gasteiger partial charge in [0, 0.05) is 12.8 Å². The van der Waals surface area contributed by atoms with Crippen molar-refractivity contribution in [1.29, 1.82) is 0 Å². The standard InChI is InChI=1S/C16H15Cl2FO/c1-16(20,10-12-4-2-3-5-15(12)19)9-11-6-7-13(17)14(18)8-11/h2-8,20H,9-10H2,1H3. The molecule has 0 heterocycles. The molecule has 0 saturated heterocycles. The highest BCUT2D eigenvalue weighted by molar-refractivity contribution is 6.42. The highest BCUT2D eigenvalue weighted by Crippen LogP contribution is 2.26. The molecule has 0 aliphatic rings. The second-order valence-corrected chi connectivity index (χ2v) is 6.00. The molecule has 0 amide bonds. The number of halogens is 3. The van der Waals surface area contributed by atoms with Gasteiger partial charge in [-0.05, 0) is 36.2 Å². The summed E-state index contributed by atoms with van der Waals surface area (Å²) in [5.74, 6) is -0.304. The lowest BCUT2D eigenvalue weighted by Crippen LogP contribution is -2.30. The predicted molar refractivity (Wildman–Crippen MR) is 80.9 cm³/mol. The second kappa shape index (κ2) is 6.13. The zero-order valence-corrected chi connectivity index (χ0v) is 12.5. The van der Waals surface area contributed by atoms with Gasteiger partial charge in [0.2, 0.25) is 0 Å². The minimum absolute atomic E-state index is 0.236. The molecule has 2 aromatic rings. The summed E-state index contributed by atoms with van der Waals surface area (Å²) in [7, 11) is 0. The maximum atomic E-state index is 13.6. The van der Waals surface area contributed by atoms with Gasteiger partial charge in [-0.25, -0.2) is 4.39 Å². The first-order chi connectivity index (χ1) is 9.37. The molecule has 2 aromatic carbocycles. The monoisotopic (exact) mass is 312 g/mol. The lowest BCUT2D eigenvalue weighted by atomic mass is 9.89. The van der Waals surface area contributed by atoms with Crippen molar-refractivity contribution in [1.82, 2.24) is 0 Å². The molecule has 0 fully saturated rings. The van der Waals surface area contributed by atoms with E-state index >= 15 is 0 Å². The second-order valence-electron chi connectivity index (χ2n) is 5.19. The molecule has 1 atom stereocenters. The van der Waals surface area contributed by atoms with Crippen molar-refractivity contribution < 1.29 is 9.50 Å². The van der Waals surface area contributed by atoms with E-state index in [2.05, 4.69) is 0 Å². The van der Waals surface area contributed by atoms with E-state index in [4.69, 9.17) is 23.2 Å². The molecule has 0 radical (unpaired) electrons. The fourth-order valence-corrected chi connectivity index (χ4v) is 2.52. The average molecular weight is 313 g/mol. The number of benzene rings is 2. The smallest absolute Gasteiger partial charge is 0.126 e. The summed E-state index contributed by atoms with van der Waals surface area (Å²) in [6.07, 6.45) is 0.609. The van der Waals surface area contributed by atoms with Crippen LogP contribution in [0.1, 0.15) is 18.1 Å². The van der Waals surface area contributed by atoms with Gasteiger partial charge in [0.1, 0.15) is 5.82 Å². The van der Waals surface area contributed by atoms with Crippen LogP contribution in [0.4, 0.5) is 4.39 Å². The van der Waals surface area contributed by atoms with Crippen LogP contribution in [0.25, 0.3) is 0 Å². The topological polar surface area (TPSA) is 20.2 Å². The summed E-state index contributed by atoms with van der Waals surface area (Å²) < 4.78 is 13.6. The van der Waals surface area contributed by atoms with Crippen LogP contribution in [0.2, 0.25) is 10.0 Å². The number of aliphatic hydroxyl groups is 1. The SMILES string of the molecule is CC(O)(Cc1ccc(Cl)c(Cl)c1)Cc1ccccc1F. The Labute approximate surface area is 128 Å². The first kappa shape index (κ1) is 15.3. The van der Waals surface area contributed by atoms with E-state index in [1.807, 2.05) is 6.07 Å². The van der Waals surface area contributed by atoms with Crippen molar-refractivity contribution in [2.45, 2.75) is 25.4 Å². The van der Waals surface area contributed by atoms with Crippen molar-refractivity contribution in [2.24, 2.45) is 0 Å². The Bertz CT molecular complexity index is 611. The Morgan fingerprint density at radius 3 is 2.40 bits per heavy atom. The molecule has 1 N–H and O–H groups in total. The van der Waals surface area contributed by atoms with E-state index in [-0.39, 0.29) is 12.2 Å². The largest absolute Gasteiger partial charge is 0.389 e. The Kier molecular flexibility index (Phi) is 4.69. The third-order valence-corrected chi connectivity index (χ3v) is 3.84.